The van der Waals surface area contributed by atoms with Crippen LogP contribution in [-0.2, 0) is 0 Å². The average molecular weight is 693 g/mol. The fourth-order valence-electron chi connectivity index (χ4n) is 6.83. The molecule has 0 saturated carbocycles. The number of hydrogen-bond donors (Lipinski definition) is 0. The zero-order valence-corrected chi connectivity index (χ0v) is 32.0. The van der Waals surface area contributed by atoms with Crippen molar-refractivity contribution >= 4 is 34.4 Å². The van der Waals surface area contributed by atoms with Gasteiger partial charge in [0.25, 0.3) is 0 Å². The quantitative estimate of drug-likeness (QED) is 0.134. The first kappa shape index (κ1) is 38.1. The molecule has 0 heterocycles. The highest BCUT2D eigenvalue weighted by atomic mass is 15.2. The first-order valence-corrected chi connectivity index (χ1v) is 18.4. The molecule has 0 fully saturated rings. The highest BCUT2D eigenvalue weighted by molar-refractivity contribution is 5.76. The highest BCUT2D eigenvalue weighted by Gasteiger charge is 2.18. The molecule has 2 aliphatic rings. The van der Waals surface area contributed by atoms with Gasteiger partial charge in [-0.1, -0.05) is 135 Å². The second-order valence-electron chi connectivity index (χ2n) is 13.1. The summed E-state index contributed by atoms with van der Waals surface area (Å²) in [5, 5.41) is 4.94. The molecule has 4 aromatic carbocycles. The van der Waals surface area contributed by atoms with Gasteiger partial charge in [0, 0.05) is 40.7 Å². The third-order valence-electron chi connectivity index (χ3n) is 9.88. The van der Waals surface area contributed by atoms with Crippen LogP contribution in [-0.4, -0.2) is 7.05 Å². The van der Waals surface area contributed by atoms with E-state index in [1.807, 2.05) is 6.08 Å². The lowest BCUT2D eigenvalue weighted by molar-refractivity contribution is 0.881. The molecule has 2 heteroatoms. The third-order valence-corrected chi connectivity index (χ3v) is 9.88. The van der Waals surface area contributed by atoms with Gasteiger partial charge in [0.05, 0.1) is 0 Å². The van der Waals surface area contributed by atoms with Crippen LogP contribution in [0.3, 0.4) is 0 Å². The van der Waals surface area contributed by atoms with Gasteiger partial charge in [-0.2, -0.15) is 0 Å². The number of nitrogens with zero attached hydrogens (tertiary/aromatic N) is 2. The van der Waals surface area contributed by atoms with Crippen molar-refractivity contribution in [3.05, 3.63) is 227 Å². The minimum atomic E-state index is 0.275. The van der Waals surface area contributed by atoms with Crippen molar-refractivity contribution in [2.45, 2.75) is 34.1 Å². The molecule has 4 aromatic rings. The molecule has 1 atom stereocenters. The Labute approximate surface area is 317 Å². The number of allylic oxidation sites excluding steroid dienone is 14. The molecule has 0 amide bonds. The Bertz CT molecular complexity index is 2360. The average Bonchev–Trinajstić information content (AvgIpc) is 3.60. The largest absolute Gasteiger partial charge is 0.348 e. The van der Waals surface area contributed by atoms with Gasteiger partial charge in [0.15, 0.2) is 0 Å². The molecule has 266 valence electrons. The van der Waals surface area contributed by atoms with E-state index in [1.54, 1.807) is 0 Å². The van der Waals surface area contributed by atoms with Gasteiger partial charge in [0.1, 0.15) is 0 Å². The lowest BCUT2D eigenvalue weighted by Gasteiger charge is -2.28. The summed E-state index contributed by atoms with van der Waals surface area (Å²) in [5.41, 5.74) is 10.6. The Morgan fingerprint density at radius 1 is 0.736 bits per heavy atom. The molecule has 2 nitrogen and oxygen atoms in total. The van der Waals surface area contributed by atoms with Crippen LogP contribution in [0.1, 0.15) is 39.7 Å². The smallest absolute Gasteiger partial charge is 0.0463 e. The van der Waals surface area contributed by atoms with Crippen LogP contribution in [0.15, 0.2) is 200 Å². The van der Waals surface area contributed by atoms with Crippen molar-refractivity contribution in [3.8, 4) is 0 Å². The van der Waals surface area contributed by atoms with Crippen molar-refractivity contribution < 1.29 is 0 Å². The topological polar surface area (TPSA) is 6.48 Å². The molecule has 0 aromatic heterocycles. The molecule has 0 radical (unpaired) electrons. The molecule has 6 rings (SSSR count). The number of benzene rings is 4. The minimum Gasteiger partial charge on any atom is -0.348 e. The summed E-state index contributed by atoms with van der Waals surface area (Å²) in [5.74, 6) is 0.275. The molecule has 0 spiro atoms. The van der Waals surface area contributed by atoms with E-state index in [2.05, 4.69) is 228 Å². The fraction of sp³-hybridized carbons (Fsp3) is 0.137. The van der Waals surface area contributed by atoms with Gasteiger partial charge in [-0.05, 0) is 120 Å². The lowest BCUT2D eigenvalue weighted by Crippen LogP contribution is -2.22. The van der Waals surface area contributed by atoms with Crippen LogP contribution >= 0.6 is 0 Å². The Morgan fingerprint density at radius 3 is 2.08 bits per heavy atom. The molecule has 1 unspecified atom stereocenters. The second-order valence-corrected chi connectivity index (χ2v) is 13.1. The molecule has 2 aliphatic carbocycles. The number of anilines is 3. The van der Waals surface area contributed by atoms with Crippen molar-refractivity contribution in [1.29, 1.82) is 0 Å². The monoisotopic (exact) mass is 692 g/mol. The van der Waals surface area contributed by atoms with Crippen molar-refractivity contribution in [1.82, 2.24) is 0 Å². The van der Waals surface area contributed by atoms with E-state index in [0.29, 0.717) is 0 Å². The fourth-order valence-corrected chi connectivity index (χ4v) is 6.83. The Hall–Kier alpha value is -6.12. The van der Waals surface area contributed by atoms with Crippen LogP contribution in [0.4, 0.5) is 17.1 Å². The van der Waals surface area contributed by atoms with Crippen molar-refractivity contribution in [3.63, 3.8) is 0 Å². The van der Waals surface area contributed by atoms with Crippen LogP contribution in [0.25, 0.3) is 17.3 Å². The number of rotatable bonds is 8. The summed E-state index contributed by atoms with van der Waals surface area (Å²) >= 11 is 0. The van der Waals surface area contributed by atoms with Crippen molar-refractivity contribution in [2.24, 2.45) is 5.92 Å². The predicted octanol–water partition coefficient (Wildman–Crippen LogP) is 12.0. The van der Waals surface area contributed by atoms with E-state index in [9.17, 15) is 0 Å². The minimum absolute atomic E-state index is 0.275. The maximum Gasteiger partial charge on any atom is 0.0463 e. The molecule has 0 N–H and O–H groups in total. The molecule has 53 heavy (non-hydrogen) atoms. The molecule has 0 bridgehead atoms. The summed E-state index contributed by atoms with van der Waals surface area (Å²) in [6.45, 7) is 18.6. The van der Waals surface area contributed by atoms with Gasteiger partial charge in [-0.15, -0.1) is 13.2 Å². The molecule has 0 aliphatic heterocycles. The highest BCUT2D eigenvalue weighted by Crippen LogP contribution is 2.35. The molecule has 0 saturated heterocycles. The van der Waals surface area contributed by atoms with Crippen LogP contribution < -0.4 is 20.2 Å². The van der Waals surface area contributed by atoms with E-state index in [0.717, 1.165) is 29.2 Å². The van der Waals surface area contributed by atoms with E-state index in [4.69, 9.17) is 0 Å². The lowest BCUT2D eigenvalue weighted by atomic mass is 9.93. The standard InChI is InChI=1S/C49H48N2.C2H4/c1-7-17-36(3)40-25-28-44(29-26-40)51(43-27-24-37(4)46(35-34-43)41-19-11-9-10-12-20-41)45-32-30-42(31-33-45)50(6)38(5)47-21-15-16-23-49(47)48-22-14-13-18-39(48)8-2;1-2/h7-9,11-35,37H,1,10H2,2-6H3;1-2H2/b36-17+,39-8-,47-38+,49-48-;. The molecular weight excluding hydrogens is 641 g/mol. The Balaban J connectivity index is 0.00000266. The van der Waals surface area contributed by atoms with Crippen molar-refractivity contribution in [2.75, 3.05) is 16.8 Å². The first-order chi connectivity index (χ1) is 25.9. The van der Waals surface area contributed by atoms with Crippen LogP contribution in [0.5, 0.6) is 0 Å². The zero-order valence-electron chi connectivity index (χ0n) is 32.0. The summed E-state index contributed by atoms with van der Waals surface area (Å²) in [6.07, 6.45) is 27.2. The Kier molecular flexibility index (Phi) is 13.2. The van der Waals surface area contributed by atoms with Crippen LogP contribution in [0, 0.1) is 16.4 Å². The van der Waals surface area contributed by atoms with Gasteiger partial charge in [-0.3, -0.25) is 0 Å². The SMILES string of the molecule is C=C.C=C/C=C(\C)c1ccc(N(C2=CC=C(C3=CC=CCC=C3)C(C)C=C2)c2ccc(N(C)\C(C)=c3/cccc/c3=c3\cccc\c3=C\C)cc2)cc1. The summed E-state index contributed by atoms with van der Waals surface area (Å²) < 4.78 is 0. The van der Waals surface area contributed by atoms with E-state index < -0.39 is 0 Å². The number of hydrogen-bond acceptors (Lipinski definition) is 2. The van der Waals surface area contributed by atoms with Crippen LogP contribution in [0.2, 0.25) is 0 Å². The normalized spacial score (nSPS) is 16.9. The first-order valence-electron chi connectivity index (χ1n) is 18.4. The van der Waals surface area contributed by atoms with Gasteiger partial charge >= 0.3 is 0 Å². The summed E-state index contributed by atoms with van der Waals surface area (Å²) in [6, 6.07) is 35.1. The zero-order chi connectivity index (χ0) is 37.7. The van der Waals surface area contributed by atoms with Gasteiger partial charge in [-0.25, -0.2) is 0 Å². The Morgan fingerprint density at radius 2 is 1.38 bits per heavy atom. The summed E-state index contributed by atoms with van der Waals surface area (Å²) in [7, 11) is 2.16. The summed E-state index contributed by atoms with van der Waals surface area (Å²) in [4.78, 5) is 4.64. The second kappa shape index (κ2) is 18.4. The van der Waals surface area contributed by atoms with Gasteiger partial charge < -0.3 is 9.80 Å². The predicted molar refractivity (Wildman–Crippen MR) is 233 cm³/mol. The van der Waals surface area contributed by atoms with E-state index in [1.165, 1.54) is 48.9 Å². The van der Waals surface area contributed by atoms with E-state index >= 15 is 0 Å². The molecular formula is C51H52N2. The third kappa shape index (κ3) is 8.86. The maximum absolute atomic E-state index is 3.88. The van der Waals surface area contributed by atoms with Gasteiger partial charge in [0.2, 0.25) is 0 Å². The van der Waals surface area contributed by atoms with E-state index in [-0.39, 0.29) is 5.92 Å². The maximum atomic E-state index is 3.88.